The number of methoxy groups -OCH3 is 2. The van der Waals surface area contributed by atoms with Gasteiger partial charge in [0.2, 0.25) is 0 Å². The average molecular weight is 228 g/mol. The van der Waals surface area contributed by atoms with Gasteiger partial charge in [-0.05, 0) is 46.0 Å². The Labute approximate surface area is 98.5 Å². The van der Waals surface area contributed by atoms with Crippen molar-refractivity contribution in [2.45, 2.75) is 63.6 Å². The van der Waals surface area contributed by atoms with Crippen molar-refractivity contribution in [2.24, 2.45) is 0 Å². The molecule has 0 bridgehead atoms. The van der Waals surface area contributed by atoms with Gasteiger partial charge >= 0.3 is 0 Å². The van der Waals surface area contributed by atoms with Crippen molar-refractivity contribution in [2.75, 3.05) is 14.2 Å². The van der Waals surface area contributed by atoms with E-state index in [0.717, 1.165) is 32.1 Å². The first kappa shape index (κ1) is 13.7. The van der Waals surface area contributed by atoms with E-state index in [0.29, 0.717) is 6.42 Å². The van der Waals surface area contributed by atoms with Gasteiger partial charge in [0.05, 0.1) is 5.60 Å². The van der Waals surface area contributed by atoms with Crippen LogP contribution < -0.4 is 0 Å². The second-order valence-electron chi connectivity index (χ2n) is 5.29. The first-order valence-corrected chi connectivity index (χ1v) is 6.09. The van der Waals surface area contributed by atoms with Crippen LogP contribution in [0.1, 0.15) is 52.4 Å². The van der Waals surface area contributed by atoms with Gasteiger partial charge in [0.1, 0.15) is 5.60 Å². The van der Waals surface area contributed by atoms with E-state index < -0.39 is 5.60 Å². The van der Waals surface area contributed by atoms with Gasteiger partial charge in [0.25, 0.3) is 0 Å². The maximum Gasteiger partial charge on any atom is 0.164 e. The Hall–Kier alpha value is -0.410. The molecule has 0 aromatic carbocycles. The van der Waals surface area contributed by atoms with Crippen LogP contribution in [0, 0.1) is 0 Å². The lowest BCUT2D eigenvalue weighted by molar-refractivity contribution is -0.141. The average Bonchev–Trinajstić information content (AvgIpc) is 2.76. The van der Waals surface area contributed by atoms with Crippen molar-refractivity contribution in [1.82, 2.24) is 0 Å². The summed E-state index contributed by atoms with van der Waals surface area (Å²) in [5.41, 5.74) is -0.701. The van der Waals surface area contributed by atoms with Crippen molar-refractivity contribution in [3.8, 4) is 0 Å². The van der Waals surface area contributed by atoms with Crippen LogP contribution in [0.15, 0.2) is 0 Å². The van der Waals surface area contributed by atoms with Crippen LogP contribution in [0.4, 0.5) is 0 Å². The zero-order chi connectivity index (χ0) is 12.2. The molecule has 0 aliphatic heterocycles. The van der Waals surface area contributed by atoms with Gasteiger partial charge in [-0.3, -0.25) is 4.79 Å². The SMILES string of the molecule is COC(C)(C)CCC(=O)C1(OC)CCCC1. The summed E-state index contributed by atoms with van der Waals surface area (Å²) in [6.07, 6.45) is 5.29. The van der Waals surface area contributed by atoms with Gasteiger partial charge in [-0.25, -0.2) is 0 Å². The van der Waals surface area contributed by atoms with Gasteiger partial charge in [0, 0.05) is 20.6 Å². The normalized spacial score (nSPS) is 20.0. The van der Waals surface area contributed by atoms with Crippen LogP contribution in [-0.2, 0) is 14.3 Å². The minimum Gasteiger partial charge on any atom is -0.379 e. The lowest BCUT2D eigenvalue weighted by atomic mass is 9.90. The van der Waals surface area contributed by atoms with Crippen LogP contribution in [0.2, 0.25) is 0 Å². The summed E-state index contributed by atoms with van der Waals surface area (Å²) in [5.74, 6) is 0.248. The summed E-state index contributed by atoms with van der Waals surface area (Å²) >= 11 is 0. The fourth-order valence-corrected chi connectivity index (χ4v) is 2.29. The van der Waals surface area contributed by atoms with Crippen LogP contribution in [-0.4, -0.2) is 31.2 Å². The topological polar surface area (TPSA) is 35.5 Å². The number of carbonyl (C=O) groups is 1. The fraction of sp³-hybridized carbons (Fsp3) is 0.923. The van der Waals surface area contributed by atoms with Crippen LogP contribution in [0.25, 0.3) is 0 Å². The highest BCUT2D eigenvalue weighted by Crippen LogP contribution is 2.35. The third-order valence-electron chi connectivity index (χ3n) is 3.82. The summed E-state index contributed by atoms with van der Waals surface area (Å²) in [6, 6.07) is 0. The second-order valence-corrected chi connectivity index (χ2v) is 5.29. The first-order chi connectivity index (χ1) is 7.46. The van der Waals surface area contributed by atoms with E-state index in [-0.39, 0.29) is 11.4 Å². The minimum atomic E-state index is -0.482. The maximum atomic E-state index is 12.2. The number of hydrogen-bond acceptors (Lipinski definition) is 3. The highest BCUT2D eigenvalue weighted by Gasteiger charge is 2.40. The molecule has 0 amide bonds. The number of ether oxygens (including phenoxy) is 2. The molecular weight excluding hydrogens is 204 g/mol. The molecule has 1 saturated carbocycles. The van der Waals surface area contributed by atoms with Crippen LogP contribution >= 0.6 is 0 Å². The van der Waals surface area contributed by atoms with Gasteiger partial charge in [-0.1, -0.05) is 0 Å². The minimum absolute atomic E-state index is 0.219. The van der Waals surface area contributed by atoms with Gasteiger partial charge in [-0.15, -0.1) is 0 Å². The number of rotatable bonds is 6. The first-order valence-electron chi connectivity index (χ1n) is 6.09. The lowest BCUT2D eigenvalue weighted by Gasteiger charge is -2.28. The highest BCUT2D eigenvalue weighted by molar-refractivity contribution is 5.87. The fourth-order valence-electron chi connectivity index (χ4n) is 2.29. The Morgan fingerprint density at radius 1 is 1.25 bits per heavy atom. The Morgan fingerprint density at radius 3 is 2.25 bits per heavy atom. The zero-order valence-electron chi connectivity index (χ0n) is 11.0. The molecule has 1 aliphatic rings. The standard InChI is InChI=1S/C13H24O3/c1-12(2,15-3)10-7-11(14)13(16-4)8-5-6-9-13/h5-10H2,1-4H3. The molecule has 1 rings (SSSR count). The molecule has 0 atom stereocenters. The molecule has 0 N–H and O–H groups in total. The number of Topliss-reactive ketones (excluding diaryl/α,β-unsaturated/α-hetero) is 1. The molecule has 94 valence electrons. The highest BCUT2D eigenvalue weighted by atomic mass is 16.5. The Bertz CT molecular complexity index is 240. The Morgan fingerprint density at radius 2 is 1.81 bits per heavy atom. The predicted molar refractivity (Wildman–Crippen MR) is 63.5 cm³/mol. The van der Waals surface area contributed by atoms with E-state index in [2.05, 4.69) is 0 Å². The second kappa shape index (κ2) is 5.28. The molecule has 0 saturated heterocycles. The zero-order valence-corrected chi connectivity index (χ0v) is 11.0. The van der Waals surface area contributed by atoms with E-state index >= 15 is 0 Å². The van der Waals surface area contributed by atoms with Crippen molar-refractivity contribution in [3.05, 3.63) is 0 Å². The lowest BCUT2D eigenvalue weighted by Crippen LogP contribution is -2.39. The van der Waals surface area contributed by atoms with Crippen LogP contribution in [0.3, 0.4) is 0 Å². The number of carbonyl (C=O) groups excluding carboxylic acids is 1. The van der Waals surface area contributed by atoms with Crippen molar-refractivity contribution in [1.29, 1.82) is 0 Å². The van der Waals surface area contributed by atoms with Crippen molar-refractivity contribution >= 4 is 5.78 Å². The predicted octanol–water partition coefficient (Wildman–Crippen LogP) is 2.72. The molecule has 3 nitrogen and oxygen atoms in total. The summed E-state index contributed by atoms with van der Waals surface area (Å²) in [4.78, 5) is 12.2. The summed E-state index contributed by atoms with van der Waals surface area (Å²) in [5, 5.41) is 0. The van der Waals surface area contributed by atoms with Gasteiger partial charge < -0.3 is 9.47 Å². The monoisotopic (exact) mass is 228 g/mol. The van der Waals surface area contributed by atoms with Crippen LogP contribution in [0.5, 0.6) is 0 Å². The molecule has 0 spiro atoms. The molecule has 0 heterocycles. The molecule has 3 heteroatoms. The molecule has 0 aromatic heterocycles. The third-order valence-corrected chi connectivity index (χ3v) is 3.82. The summed E-state index contributed by atoms with van der Waals surface area (Å²) in [6.45, 7) is 4.02. The summed E-state index contributed by atoms with van der Waals surface area (Å²) in [7, 11) is 3.34. The number of hydrogen-bond donors (Lipinski definition) is 0. The van der Waals surface area contributed by atoms with E-state index in [1.54, 1.807) is 14.2 Å². The van der Waals surface area contributed by atoms with E-state index in [1.165, 1.54) is 0 Å². The largest absolute Gasteiger partial charge is 0.379 e. The molecule has 1 fully saturated rings. The molecular formula is C13H24O3. The Kier molecular flexibility index (Phi) is 4.51. The number of ketones is 1. The molecule has 0 radical (unpaired) electrons. The van der Waals surface area contributed by atoms with Crippen molar-refractivity contribution < 1.29 is 14.3 Å². The smallest absolute Gasteiger partial charge is 0.164 e. The van der Waals surface area contributed by atoms with E-state index in [1.807, 2.05) is 13.8 Å². The maximum absolute atomic E-state index is 12.2. The van der Waals surface area contributed by atoms with Gasteiger partial charge in [0.15, 0.2) is 5.78 Å². The molecule has 0 unspecified atom stereocenters. The van der Waals surface area contributed by atoms with E-state index in [4.69, 9.17) is 9.47 Å². The molecule has 1 aliphatic carbocycles. The third kappa shape index (κ3) is 3.05. The van der Waals surface area contributed by atoms with Crippen molar-refractivity contribution in [3.63, 3.8) is 0 Å². The van der Waals surface area contributed by atoms with E-state index in [9.17, 15) is 4.79 Å². The van der Waals surface area contributed by atoms with Gasteiger partial charge in [-0.2, -0.15) is 0 Å². The molecule has 16 heavy (non-hydrogen) atoms. The molecule has 0 aromatic rings. The summed E-state index contributed by atoms with van der Waals surface area (Å²) < 4.78 is 10.8. The quantitative estimate of drug-likeness (QED) is 0.701. The Balaban J connectivity index is 2.51.